The van der Waals surface area contributed by atoms with Gasteiger partial charge in [0.05, 0.1) is 6.54 Å². The van der Waals surface area contributed by atoms with Gasteiger partial charge in [-0.25, -0.2) is 19.2 Å². The Hall–Kier alpha value is -4.05. The van der Waals surface area contributed by atoms with E-state index in [4.69, 9.17) is 9.47 Å². The number of aromatic nitrogens is 2. The number of nitrogens with one attached hydrogen (secondary N) is 1. The van der Waals surface area contributed by atoms with Gasteiger partial charge in [0, 0.05) is 56.2 Å². The van der Waals surface area contributed by atoms with E-state index < -0.39 is 5.60 Å². The summed E-state index contributed by atoms with van der Waals surface area (Å²) in [6, 6.07) is 10.8. The number of carbonyl (C=O) groups excluding carboxylic acids is 2. The Kier molecular flexibility index (Phi) is 8.99. The standard InChI is InChI=1S/C30H36FN5O4/c1-20-14-27(32-16-23(20)19-35-12-13-36(21(2)18-35)29(38)40-30(3,4)5)33-17-26(37)22-6-11-28(34-15-22)39-25-9-7-24(31)8-10-25/h6-11,14-16,21H,12-13,17-19H2,1-5H3,(H,32,33)/t21-/m0/s1. The molecule has 10 heteroatoms. The molecular weight excluding hydrogens is 513 g/mol. The molecule has 1 aliphatic heterocycles. The van der Waals surface area contributed by atoms with Gasteiger partial charge in [0.1, 0.15) is 23.0 Å². The van der Waals surface area contributed by atoms with Crippen molar-refractivity contribution in [3.05, 3.63) is 77.4 Å². The fourth-order valence-corrected chi connectivity index (χ4v) is 4.36. The van der Waals surface area contributed by atoms with Gasteiger partial charge in [0.25, 0.3) is 0 Å². The first-order valence-electron chi connectivity index (χ1n) is 13.3. The van der Waals surface area contributed by atoms with Gasteiger partial charge < -0.3 is 19.7 Å². The number of nitrogens with zero attached hydrogens (tertiary/aromatic N) is 4. The second-order valence-corrected chi connectivity index (χ2v) is 11.0. The topological polar surface area (TPSA) is 96.9 Å². The van der Waals surface area contributed by atoms with Gasteiger partial charge in [-0.3, -0.25) is 9.69 Å². The average Bonchev–Trinajstić information content (AvgIpc) is 2.89. The van der Waals surface area contributed by atoms with Gasteiger partial charge in [0.2, 0.25) is 5.88 Å². The van der Waals surface area contributed by atoms with Gasteiger partial charge in [-0.1, -0.05) is 0 Å². The maximum absolute atomic E-state index is 13.0. The third-order valence-electron chi connectivity index (χ3n) is 6.48. The van der Waals surface area contributed by atoms with E-state index in [0.717, 1.165) is 30.8 Å². The molecule has 1 N–H and O–H groups in total. The first-order valence-corrected chi connectivity index (χ1v) is 13.3. The van der Waals surface area contributed by atoms with Gasteiger partial charge in [-0.15, -0.1) is 0 Å². The number of hydrogen-bond acceptors (Lipinski definition) is 8. The van der Waals surface area contributed by atoms with Crippen LogP contribution in [0.2, 0.25) is 0 Å². The highest BCUT2D eigenvalue weighted by molar-refractivity contribution is 5.98. The fourth-order valence-electron chi connectivity index (χ4n) is 4.36. The minimum atomic E-state index is -0.514. The molecule has 0 aliphatic carbocycles. The van der Waals surface area contributed by atoms with Crippen LogP contribution in [0.15, 0.2) is 54.9 Å². The number of aryl methyl sites for hydroxylation is 1. The largest absolute Gasteiger partial charge is 0.444 e. The van der Waals surface area contributed by atoms with Gasteiger partial charge in [-0.2, -0.15) is 0 Å². The minimum Gasteiger partial charge on any atom is -0.444 e. The molecule has 0 spiro atoms. The lowest BCUT2D eigenvalue weighted by Crippen LogP contribution is -2.54. The van der Waals surface area contributed by atoms with Crippen molar-refractivity contribution in [1.29, 1.82) is 0 Å². The van der Waals surface area contributed by atoms with Crippen LogP contribution in [0.4, 0.5) is 15.0 Å². The van der Waals surface area contributed by atoms with Crippen LogP contribution >= 0.6 is 0 Å². The van der Waals surface area contributed by atoms with E-state index >= 15 is 0 Å². The van der Waals surface area contributed by atoms with Crippen molar-refractivity contribution in [3.8, 4) is 11.6 Å². The molecule has 3 heterocycles. The van der Waals surface area contributed by atoms with Gasteiger partial charge in [0.15, 0.2) is 5.78 Å². The number of ether oxygens (including phenoxy) is 2. The highest BCUT2D eigenvalue weighted by Gasteiger charge is 2.31. The lowest BCUT2D eigenvalue weighted by atomic mass is 10.1. The lowest BCUT2D eigenvalue weighted by Gasteiger charge is -2.40. The Morgan fingerprint density at radius 3 is 2.45 bits per heavy atom. The maximum atomic E-state index is 13.0. The summed E-state index contributed by atoms with van der Waals surface area (Å²) in [5.41, 5.74) is 2.08. The van der Waals surface area contributed by atoms with E-state index in [1.807, 2.05) is 46.9 Å². The number of halogens is 1. The Morgan fingerprint density at radius 1 is 1.07 bits per heavy atom. The summed E-state index contributed by atoms with van der Waals surface area (Å²) in [5.74, 6) is 0.891. The zero-order chi connectivity index (χ0) is 28.9. The lowest BCUT2D eigenvalue weighted by molar-refractivity contribution is 0.000515. The predicted octanol–water partition coefficient (Wildman–Crippen LogP) is 5.45. The second-order valence-electron chi connectivity index (χ2n) is 11.0. The number of anilines is 1. The van der Waals surface area contributed by atoms with Crippen molar-refractivity contribution < 1.29 is 23.5 Å². The van der Waals surface area contributed by atoms with Crippen molar-refractivity contribution in [2.45, 2.75) is 52.8 Å². The van der Waals surface area contributed by atoms with E-state index in [9.17, 15) is 14.0 Å². The molecule has 3 aromatic rings. The first-order chi connectivity index (χ1) is 19.0. The molecule has 1 aliphatic rings. The molecule has 1 amide bonds. The quantitative estimate of drug-likeness (QED) is 0.371. The summed E-state index contributed by atoms with van der Waals surface area (Å²) in [7, 11) is 0. The first kappa shape index (κ1) is 28.9. The SMILES string of the molecule is Cc1cc(NCC(=O)c2ccc(Oc3ccc(F)cc3)nc2)ncc1CN1CCN(C(=O)OC(C)(C)C)[C@@H](C)C1. The zero-order valence-corrected chi connectivity index (χ0v) is 23.6. The molecule has 1 atom stereocenters. The number of piperazine rings is 1. The highest BCUT2D eigenvalue weighted by Crippen LogP contribution is 2.21. The number of pyridine rings is 2. The molecule has 0 unspecified atom stereocenters. The maximum Gasteiger partial charge on any atom is 0.410 e. The van der Waals surface area contributed by atoms with Gasteiger partial charge in [-0.05, 0) is 82.1 Å². The summed E-state index contributed by atoms with van der Waals surface area (Å²) in [6.07, 6.45) is 3.01. The van der Waals surface area contributed by atoms with Crippen LogP contribution < -0.4 is 10.1 Å². The van der Waals surface area contributed by atoms with Crippen molar-refractivity contribution >= 4 is 17.7 Å². The summed E-state index contributed by atoms with van der Waals surface area (Å²) >= 11 is 0. The smallest absolute Gasteiger partial charge is 0.410 e. The fraction of sp³-hybridized carbons (Fsp3) is 0.400. The summed E-state index contributed by atoms with van der Waals surface area (Å²) < 4.78 is 24.2. The van der Waals surface area contributed by atoms with Crippen LogP contribution in [-0.4, -0.2) is 69.5 Å². The minimum absolute atomic E-state index is 0.0434. The third kappa shape index (κ3) is 7.98. The van der Waals surface area contributed by atoms with Crippen LogP contribution in [0, 0.1) is 12.7 Å². The molecule has 1 saturated heterocycles. The summed E-state index contributed by atoms with van der Waals surface area (Å²) in [5, 5.41) is 3.09. The molecule has 0 radical (unpaired) electrons. The summed E-state index contributed by atoms with van der Waals surface area (Å²) in [4.78, 5) is 37.9. The average molecular weight is 550 g/mol. The molecule has 0 bridgehead atoms. The summed E-state index contributed by atoms with van der Waals surface area (Å²) in [6.45, 7) is 12.6. The number of rotatable bonds is 8. The normalized spacial score (nSPS) is 15.9. The Labute approximate surface area is 234 Å². The number of carbonyl (C=O) groups is 2. The Balaban J connectivity index is 1.26. The molecular formula is C30H36FN5O4. The Morgan fingerprint density at radius 2 is 1.82 bits per heavy atom. The molecule has 9 nitrogen and oxygen atoms in total. The number of benzene rings is 1. The molecule has 2 aromatic heterocycles. The molecule has 212 valence electrons. The number of amides is 1. The monoisotopic (exact) mass is 549 g/mol. The number of hydrogen-bond donors (Lipinski definition) is 1. The van der Waals surface area contributed by atoms with E-state index in [1.54, 1.807) is 17.0 Å². The number of Topliss-reactive ketones (excluding diaryl/α,β-unsaturated/α-hetero) is 1. The molecule has 4 rings (SSSR count). The van der Waals surface area contributed by atoms with Crippen molar-refractivity contribution in [1.82, 2.24) is 19.8 Å². The van der Waals surface area contributed by atoms with Crippen LogP contribution in [0.25, 0.3) is 0 Å². The van der Waals surface area contributed by atoms with E-state index in [0.29, 0.717) is 29.6 Å². The molecule has 0 saturated carbocycles. The molecule has 40 heavy (non-hydrogen) atoms. The van der Waals surface area contributed by atoms with Gasteiger partial charge >= 0.3 is 6.09 Å². The van der Waals surface area contributed by atoms with Crippen LogP contribution in [0.3, 0.4) is 0 Å². The molecule has 1 fully saturated rings. The van der Waals surface area contributed by atoms with Crippen LogP contribution in [0.5, 0.6) is 11.6 Å². The molecule has 1 aromatic carbocycles. The van der Waals surface area contributed by atoms with E-state index in [2.05, 4.69) is 20.2 Å². The zero-order valence-electron chi connectivity index (χ0n) is 23.6. The van der Waals surface area contributed by atoms with Crippen LogP contribution in [0.1, 0.15) is 49.2 Å². The van der Waals surface area contributed by atoms with Crippen molar-refractivity contribution in [3.63, 3.8) is 0 Å². The number of ketones is 1. The second kappa shape index (κ2) is 12.4. The van der Waals surface area contributed by atoms with Crippen molar-refractivity contribution in [2.75, 3.05) is 31.5 Å². The predicted molar refractivity (Wildman–Crippen MR) is 150 cm³/mol. The van der Waals surface area contributed by atoms with E-state index in [-0.39, 0.29) is 30.3 Å². The highest BCUT2D eigenvalue weighted by atomic mass is 19.1. The van der Waals surface area contributed by atoms with E-state index in [1.165, 1.54) is 30.5 Å². The van der Waals surface area contributed by atoms with Crippen LogP contribution in [-0.2, 0) is 11.3 Å². The van der Waals surface area contributed by atoms with Crippen molar-refractivity contribution in [2.24, 2.45) is 0 Å². The Bertz CT molecular complexity index is 1330. The third-order valence-corrected chi connectivity index (χ3v) is 6.48.